The lowest BCUT2D eigenvalue weighted by Gasteiger charge is -2.35. The smallest absolute Gasteiger partial charge is 0.0906 e. The van der Waals surface area contributed by atoms with Crippen molar-refractivity contribution in [2.75, 3.05) is 17.8 Å². The minimum absolute atomic E-state index is 0.171. The molecule has 0 saturated heterocycles. The zero-order chi connectivity index (χ0) is 18.2. The average Bonchev–Trinajstić information content (AvgIpc) is 2.72. The molecule has 3 aromatic rings. The topological polar surface area (TPSA) is 0 Å². The van der Waals surface area contributed by atoms with E-state index >= 15 is 0 Å². The van der Waals surface area contributed by atoms with Gasteiger partial charge in [-0.15, -0.1) is 11.8 Å². The molecule has 0 atom stereocenters. The maximum absolute atomic E-state index is 2.33. The molecule has 2 heteroatoms. The molecule has 0 nitrogen and oxygen atoms in total. The van der Waals surface area contributed by atoms with E-state index in [0.29, 0.717) is 0 Å². The van der Waals surface area contributed by atoms with E-state index in [1.165, 1.54) is 28.0 Å². The first kappa shape index (κ1) is 19.1. The summed E-state index contributed by atoms with van der Waals surface area (Å²) in [5, 5.41) is 0. The Morgan fingerprint density at radius 2 is 1.19 bits per heavy atom. The van der Waals surface area contributed by atoms with Gasteiger partial charge in [0, 0.05) is 0 Å². The lowest BCUT2D eigenvalue weighted by atomic mass is 9.83. The highest BCUT2D eigenvalue weighted by Gasteiger charge is 2.36. The summed E-state index contributed by atoms with van der Waals surface area (Å²) >= 11 is 3.91. The summed E-state index contributed by atoms with van der Waals surface area (Å²) in [6, 6.07) is 31.1. The third kappa shape index (κ3) is 4.02. The van der Waals surface area contributed by atoms with E-state index in [1.807, 2.05) is 23.5 Å². The van der Waals surface area contributed by atoms with Crippen molar-refractivity contribution in [3.8, 4) is 0 Å². The van der Waals surface area contributed by atoms with Crippen molar-refractivity contribution in [1.82, 2.24) is 0 Å². The third-order valence-electron chi connectivity index (χ3n) is 4.68. The van der Waals surface area contributed by atoms with Crippen LogP contribution in [-0.4, -0.2) is 17.8 Å². The van der Waals surface area contributed by atoms with Gasteiger partial charge < -0.3 is 0 Å². The zero-order valence-electron chi connectivity index (χ0n) is 15.5. The molecule has 0 aliphatic heterocycles. The molecule has 0 fully saturated rings. The second-order valence-corrected chi connectivity index (χ2v) is 8.75. The number of rotatable bonds is 8. The average molecular weight is 379 g/mol. The van der Waals surface area contributed by atoms with Crippen molar-refractivity contribution in [1.29, 1.82) is 0 Å². The van der Waals surface area contributed by atoms with Crippen LogP contribution in [0.2, 0.25) is 0 Å². The molecule has 0 amide bonds. The molecule has 0 aliphatic rings. The van der Waals surface area contributed by atoms with Crippen LogP contribution in [-0.2, 0) is 11.2 Å². The summed E-state index contributed by atoms with van der Waals surface area (Å²) in [5.41, 5.74) is 5.46. The summed E-state index contributed by atoms with van der Waals surface area (Å²) in [6.07, 6.45) is 3.30. The molecule has 134 valence electrons. The van der Waals surface area contributed by atoms with E-state index in [-0.39, 0.29) is 4.75 Å². The van der Waals surface area contributed by atoms with Gasteiger partial charge in [0.1, 0.15) is 0 Å². The second kappa shape index (κ2) is 9.34. The van der Waals surface area contributed by atoms with Crippen molar-refractivity contribution in [3.63, 3.8) is 0 Å². The van der Waals surface area contributed by atoms with E-state index in [0.717, 1.165) is 12.2 Å². The van der Waals surface area contributed by atoms with E-state index < -0.39 is 0 Å². The predicted octanol–water partition coefficient (Wildman–Crippen LogP) is 6.64. The molecule has 0 aromatic heterocycles. The molecule has 0 N–H and O–H groups in total. The summed E-state index contributed by atoms with van der Waals surface area (Å²) in [5.74, 6) is 2.23. The normalized spacial score (nSPS) is 11.5. The van der Waals surface area contributed by atoms with E-state index in [4.69, 9.17) is 0 Å². The second-order valence-electron chi connectivity index (χ2n) is 6.29. The van der Waals surface area contributed by atoms with Gasteiger partial charge in [0.25, 0.3) is 0 Å². The Morgan fingerprint density at radius 3 is 1.65 bits per heavy atom. The van der Waals surface area contributed by atoms with Gasteiger partial charge in [0.15, 0.2) is 0 Å². The van der Waals surface area contributed by atoms with Crippen molar-refractivity contribution < 1.29 is 0 Å². The van der Waals surface area contributed by atoms with Crippen LogP contribution >= 0.6 is 23.5 Å². The third-order valence-corrected chi connectivity index (χ3v) is 6.72. The number of benzene rings is 3. The van der Waals surface area contributed by atoms with Crippen LogP contribution in [0.15, 0.2) is 84.9 Å². The number of hydrogen-bond acceptors (Lipinski definition) is 2. The van der Waals surface area contributed by atoms with Crippen LogP contribution in [0.4, 0.5) is 0 Å². The zero-order valence-corrected chi connectivity index (χ0v) is 17.2. The lowest BCUT2D eigenvalue weighted by Crippen LogP contribution is -2.26. The van der Waals surface area contributed by atoms with Crippen LogP contribution in [0.3, 0.4) is 0 Å². The Hall–Kier alpha value is -1.64. The molecule has 0 saturated carbocycles. The maximum Gasteiger partial charge on any atom is 0.0906 e. The Kier molecular flexibility index (Phi) is 6.87. The van der Waals surface area contributed by atoms with Crippen LogP contribution in [0, 0.1) is 0 Å². The summed E-state index contributed by atoms with van der Waals surface area (Å²) in [4.78, 5) is 0. The SMILES string of the molecule is CCSC(c1ccccc1)(c1ccccc1)c1ccc(CCSC)cc1. The first-order valence-corrected chi connectivity index (χ1v) is 11.5. The highest BCUT2D eigenvalue weighted by atomic mass is 32.2. The highest BCUT2D eigenvalue weighted by molar-refractivity contribution is 8.00. The van der Waals surface area contributed by atoms with Crippen LogP contribution < -0.4 is 0 Å². The predicted molar refractivity (Wildman–Crippen MR) is 119 cm³/mol. The molecular formula is C24H26S2. The molecular weight excluding hydrogens is 352 g/mol. The summed E-state index contributed by atoms with van der Waals surface area (Å²) in [7, 11) is 0. The van der Waals surface area contributed by atoms with Gasteiger partial charge in [-0.3, -0.25) is 0 Å². The Morgan fingerprint density at radius 1 is 0.692 bits per heavy atom. The highest BCUT2D eigenvalue weighted by Crippen LogP contribution is 2.48. The van der Waals surface area contributed by atoms with Crippen molar-refractivity contribution >= 4 is 23.5 Å². The lowest BCUT2D eigenvalue weighted by molar-refractivity contribution is 0.893. The van der Waals surface area contributed by atoms with Crippen molar-refractivity contribution in [2.45, 2.75) is 18.1 Å². The maximum atomic E-state index is 2.33. The monoisotopic (exact) mass is 378 g/mol. The fraction of sp³-hybridized carbons (Fsp3) is 0.250. The molecule has 0 aliphatic carbocycles. The van der Waals surface area contributed by atoms with Gasteiger partial charge in [0.2, 0.25) is 0 Å². The molecule has 26 heavy (non-hydrogen) atoms. The summed E-state index contributed by atoms with van der Waals surface area (Å²) in [6.45, 7) is 2.25. The van der Waals surface area contributed by atoms with Gasteiger partial charge >= 0.3 is 0 Å². The van der Waals surface area contributed by atoms with Gasteiger partial charge in [-0.2, -0.15) is 11.8 Å². The molecule has 3 aromatic carbocycles. The van der Waals surface area contributed by atoms with Crippen molar-refractivity contribution in [2.24, 2.45) is 0 Å². The molecule has 0 unspecified atom stereocenters. The first-order chi connectivity index (χ1) is 12.8. The molecule has 0 radical (unpaired) electrons. The van der Waals surface area contributed by atoms with Gasteiger partial charge in [0.05, 0.1) is 4.75 Å². The van der Waals surface area contributed by atoms with Gasteiger partial charge in [-0.05, 0) is 46.4 Å². The molecule has 0 spiro atoms. The Balaban J connectivity index is 2.14. The number of hydrogen-bond donors (Lipinski definition) is 0. The number of thioether (sulfide) groups is 2. The van der Waals surface area contributed by atoms with E-state index in [9.17, 15) is 0 Å². The fourth-order valence-electron chi connectivity index (χ4n) is 3.44. The standard InChI is InChI=1S/C24H26S2/c1-3-26-24(21-10-6-4-7-11-21,22-12-8-5-9-13-22)23-16-14-20(15-17-23)18-19-25-2/h4-17H,3,18-19H2,1-2H3. The first-order valence-electron chi connectivity index (χ1n) is 9.14. The molecule has 0 heterocycles. The number of aryl methyl sites for hydroxylation is 1. The van der Waals surface area contributed by atoms with Crippen molar-refractivity contribution in [3.05, 3.63) is 107 Å². The van der Waals surface area contributed by atoms with E-state index in [1.54, 1.807) is 0 Å². The largest absolute Gasteiger partial charge is 0.165 e. The fourth-order valence-corrected chi connectivity index (χ4v) is 5.22. The van der Waals surface area contributed by atoms with Gasteiger partial charge in [-0.1, -0.05) is 91.9 Å². The van der Waals surface area contributed by atoms with Crippen LogP contribution in [0.1, 0.15) is 29.2 Å². The van der Waals surface area contributed by atoms with E-state index in [2.05, 4.69) is 98.1 Å². The quantitative estimate of drug-likeness (QED) is 0.403. The van der Waals surface area contributed by atoms with Gasteiger partial charge in [-0.25, -0.2) is 0 Å². The Labute approximate surface area is 166 Å². The van der Waals surface area contributed by atoms with Crippen LogP contribution in [0.25, 0.3) is 0 Å². The molecule has 0 bridgehead atoms. The minimum Gasteiger partial charge on any atom is -0.165 e. The Bertz CT molecular complexity index is 740. The molecule has 3 rings (SSSR count). The minimum atomic E-state index is -0.171. The van der Waals surface area contributed by atoms with Crippen LogP contribution in [0.5, 0.6) is 0 Å². The summed E-state index contributed by atoms with van der Waals surface area (Å²) < 4.78 is -0.171.